The first-order valence-electron chi connectivity index (χ1n) is 8.84. The fourth-order valence-electron chi connectivity index (χ4n) is 3.65. The average molecular weight is 350 g/mol. The van der Waals surface area contributed by atoms with E-state index in [1.54, 1.807) is 7.05 Å². The summed E-state index contributed by atoms with van der Waals surface area (Å²) in [6.07, 6.45) is 0. The molecule has 0 saturated carbocycles. The predicted octanol–water partition coefficient (Wildman–Crippen LogP) is 3.35. The highest BCUT2D eigenvalue weighted by molar-refractivity contribution is 5.93. The van der Waals surface area contributed by atoms with Crippen LogP contribution in [0.25, 0.3) is 10.8 Å². The maximum Gasteiger partial charge on any atom is 0.274 e. The Morgan fingerprint density at radius 2 is 1.77 bits per heavy atom. The predicted molar refractivity (Wildman–Crippen MR) is 108 cm³/mol. The lowest BCUT2D eigenvalue weighted by molar-refractivity contribution is 0.275. The Labute approximate surface area is 154 Å². The van der Waals surface area contributed by atoms with Crippen LogP contribution in [0.2, 0.25) is 0 Å². The minimum absolute atomic E-state index is 0.0662. The molecule has 0 radical (unpaired) electrons. The van der Waals surface area contributed by atoms with Gasteiger partial charge in [-0.15, -0.1) is 0 Å². The third-order valence-corrected chi connectivity index (χ3v) is 4.82. The van der Waals surface area contributed by atoms with Crippen molar-refractivity contribution in [1.29, 1.82) is 0 Å². The van der Waals surface area contributed by atoms with Crippen LogP contribution in [-0.2, 0) is 7.05 Å². The molecule has 1 N–H and O–H groups in total. The van der Waals surface area contributed by atoms with Gasteiger partial charge in [0.05, 0.1) is 11.4 Å². The van der Waals surface area contributed by atoms with Gasteiger partial charge in [-0.3, -0.25) is 4.79 Å². The Balaban J connectivity index is 2.04. The van der Waals surface area contributed by atoms with Crippen molar-refractivity contribution in [3.63, 3.8) is 0 Å². The minimum atomic E-state index is -0.0662. The summed E-state index contributed by atoms with van der Waals surface area (Å²) in [5, 5.41) is 9.63. The molecule has 2 aromatic carbocycles. The zero-order valence-electron chi connectivity index (χ0n) is 16.0. The standard InChI is InChI=1S/C21H26N4O/c1-14-10-9-13-17-18(14)21(26)25(5)23-20(17)22-15(2)19(24(3)4)16-11-7-6-8-12-16/h6-13,15,19H,1-5H3,(H,22,23)/t15-,19+/m0/s1. The molecule has 136 valence electrons. The Morgan fingerprint density at radius 1 is 1.08 bits per heavy atom. The molecule has 0 fully saturated rings. The maximum absolute atomic E-state index is 12.5. The van der Waals surface area contributed by atoms with E-state index in [9.17, 15) is 4.79 Å². The summed E-state index contributed by atoms with van der Waals surface area (Å²) in [5.41, 5.74) is 2.14. The van der Waals surface area contributed by atoms with Crippen molar-refractivity contribution in [3.05, 3.63) is 70.0 Å². The number of likely N-dealkylation sites (N-methyl/N-ethyl adjacent to an activating group) is 1. The van der Waals surface area contributed by atoms with Gasteiger partial charge in [0.1, 0.15) is 0 Å². The van der Waals surface area contributed by atoms with E-state index in [2.05, 4.69) is 60.6 Å². The third-order valence-electron chi connectivity index (χ3n) is 4.82. The normalized spacial score (nSPS) is 13.8. The van der Waals surface area contributed by atoms with Gasteiger partial charge in [0.25, 0.3) is 5.56 Å². The van der Waals surface area contributed by atoms with Crippen molar-refractivity contribution in [2.24, 2.45) is 7.05 Å². The first kappa shape index (κ1) is 18.1. The lowest BCUT2D eigenvalue weighted by Gasteiger charge is -2.31. The molecule has 5 nitrogen and oxygen atoms in total. The summed E-state index contributed by atoms with van der Waals surface area (Å²) in [6, 6.07) is 16.6. The Bertz CT molecular complexity index is 963. The highest BCUT2D eigenvalue weighted by atomic mass is 16.1. The summed E-state index contributed by atoms with van der Waals surface area (Å²) < 4.78 is 1.41. The van der Waals surface area contributed by atoms with Crippen LogP contribution in [0, 0.1) is 6.92 Å². The molecule has 3 aromatic rings. The Kier molecular flexibility index (Phi) is 5.09. The van der Waals surface area contributed by atoms with Gasteiger partial charge in [-0.25, -0.2) is 4.68 Å². The van der Waals surface area contributed by atoms with Gasteiger partial charge < -0.3 is 10.2 Å². The van der Waals surface area contributed by atoms with E-state index in [4.69, 9.17) is 0 Å². The Morgan fingerprint density at radius 3 is 2.42 bits per heavy atom. The van der Waals surface area contributed by atoms with Gasteiger partial charge in [0.2, 0.25) is 0 Å². The lowest BCUT2D eigenvalue weighted by Crippen LogP contribution is -2.35. The third kappa shape index (κ3) is 3.35. The molecule has 0 saturated heterocycles. The van der Waals surface area contributed by atoms with Crippen molar-refractivity contribution in [1.82, 2.24) is 14.7 Å². The zero-order valence-corrected chi connectivity index (χ0v) is 16.0. The number of rotatable bonds is 5. The molecule has 0 aliphatic carbocycles. The largest absolute Gasteiger partial charge is 0.364 e. The van der Waals surface area contributed by atoms with Gasteiger partial charge in [0, 0.05) is 18.5 Å². The molecule has 0 amide bonds. The van der Waals surface area contributed by atoms with Gasteiger partial charge in [0.15, 0.2) is 5.82 Å². The number of aryl methyl sites for hydroxylation is 2. The van der Waals surface area contributed by atoms with Crippen molar-refractivity contribution in [2.75, 3.05) is 19.4 Å². The van der Waals surface area contributed by atoms with Gasteiger partial charge >= 0.3 is 0 Å². The minimum Gasteiger partial charge on any atom is -0.364 e. The van der Waals surface area contributed by atoms with Crippen LogP contribution in [0.3, 0.4) is 0 Å². The van der Waals surface area contributed by atoms with E-state index in [-0.39, 0.29) is 17.6 Å². The van der Waals surface area contributed by atoms with Crippen LogP contribution < -0.4 is 10.9 Å². The van der Waals surface area contributed by atoms with E-state index in [1.165, 1.54) is 10.2 Å². The lowest BCUT2D eigenvalue weighted by atomic mass is 9.99. The second kappa shape index (κ2) is 7.30. The highest BCUT2D eigenvalue weighted by Gasteiger charge is 2.23. The summed E-state index contributed by atoms with van der Waals surface area (Å²) in [4.78, 5) is 14.7. The molecule has 0 spiro atoms. The molecule has 0 aliphatic rings. The van der Waals surface area contributed by atoms with Crippen LogP contribution in [0.5, 0.6) is 0 Å². The van der Waals surface area contributed by atoms with Gasteiger partial charge in [-0.2, -0.15) is 5.10 Å². The van der Waals surface area contributed by atoms with Crippen molar-refractivity contribution < 1.29 is 0 Å². The number of nitrogens with zero attached hydrogens (tertiary/aromatic N) is 3. The molecular weight excluding hydrogens is 324 g/mol. The Hall–Kier alpha value is -2.66. The van der Waals surface area contributed by atoms with Crippen molar-refractivity contribution in [3.8, 4) is 0 Å². The molecule has 1 aromatic heterocycles. The van der Waals surface area contributed by atoms with Crippen LogP contribution in [0.15, 0.2) is 53.3 Å². The SMILES string of the molecule is Cc1cccc2c(N[C@@H](C)[C@H](c3ccccc3)N(C)C)nn(C)c(=O)c12. The van der Waals surface area contributed by atoms with Crippen LogP contribution in [0.1, 0.15) is 24.1 Å². The topological polar surface area (TPSA) is 50.2 Å². The molecule has 0 aliphatic heterocycles. The molecule has 3 rings (SSSR count). The molecule has 0 bridgehead atoms. The second-order valence-corrected chi connectivity index (χ2v) is 7.03. The van der Waals surface area contributed by atoms with E-state index in [0.717, 1.165) is 22.2 Å². The molecule has 26 heavy (non-hydrogen) atoms. The number of aromatic nitrogens is 2. The van der Waals surface area contributed by atoms with E-state index in [1.807, 2.05) is 31.2 Å². The summed E-state index contributed by atoms with van der Waals surface area (Å²) in [5.74, 6) is 0.737. The number of hydrogen-bond donors (Lipinski definition) is 1. The number of benzene rings is 2. The van der Waals surface area contributed by atoms with Gasteiger partial charge in [-0.1, -0.05) is 48.5 Å². The zero-order chi connectivity index (χ0) is 18.8. The quantitative estimate of drug-likeness (QED) is 0.767. The van der Waals surface area contributed by atoms with Crippen LogP contribution in [0.4, 0.5) is 5.82 Å². The first-order chi connectivity index (χ1) is 12.4. The molecular formula is C21H26N4O. The summed E-state index contributed by atoms with van der Waals surface area (Å²) in [6.45, 7) is 4.11. The van der Waals surface area contributed by atoms with Crippen molar-refractivity contribution in [2.45, 2.75) is 25.9 Å². The number of fused-ring (bicyclic) bond motifs is 1. The fourth-order valence-corrected chi connectivity index (χ4v) is 3.65. The van der Waals surface area contributed by atoms with Gasteiger partial charge in [-0.05, 0) is 39.1 Å². The fraction of sp³-hybridized carbons (Fsp3) is 0.333. The second-order valence-electron chi connectivity index (χ2n) is 7.03. The van der Waals surface area contributed by atoms with Crippen LogP contribution in [-0.4, -0.2) is 34.8 Å². The molecule has 1 heterocycles. The monoisotopic (exact) mass is 350 g/mol. The number of hydrogen-bond acceptors (Lipinski definition) is 4. The van der Waals surface area contributed by atoms with E-state index in [0.29, 0.717) is 0 Å². The van der Waals surface area contributed by atoms with E-state index >= 15 is 0 Å². The molecule has 2 atom stereocenters. The van der Waals surface area contributed by atoms with E-state index < -0.39 is 0 Å². The molecule has 0 unspecified atom stereocenters. The maximum atomic E-state index is 12.5. The highest BCUT2D eigenvalue weighted by Crippen LogP contribution is 2.27. The average Bonchev–Trinajstić information content (AvgIpc) is 2.60. The smallest absolute Gasteiger partial charge is 0.274 e. The number of nitrogens with one attached hydrogen (secondary N) is 1. The first-order valence-corrected chi connectivity index (χ1v) is 8.84. The van der Waals surface area contributed by atoms with Crippen LogP contribution >= 0.6 is 0 Å². The summed E-state index contributed by atoms with van der Waals surface area (Å²) in [7, 11) is 5.85. The molecule has 5 heteroatoms. The number of anilines is 1. The summed E-state index contributed by atoms with van der Waals surface area (Å²) >= 11 is 0. The van der Waals surface area contributed by atoms with Crippen molar-refractivity contribution >= 4 is 16.6 Å².